The second-order valence-corrected chi connectivity index (χ2v) is 14.7. The monoisotopic (exact) mass is 721 g/mol. The number of anilines is 1. The molecule has 0 atom stereocenters. The Kier molecular flexibility index (Phi) is 14.1. The van der Waals surface area contributed by atoms with Crippen molar-refractivity contribution < 1.29 is 9.47 Å². The highest BCUT2D eigenvalue weighted by atomic mass is 79.9. The van der Waals surface area contributed by atoms with Crippen molar-refractivity contribution in [1.29, 1.82) is 0 Å². The van der Waals surface area contributed by atoms with Crippen LogP contribution in [0.4, 0.5) is 11.4 Å². The maximum absolute atomic E-state index is 6.18. The summed E-state index contributed by atoms with van der Waals surface area (Å²) in [7, 11) is 2.01. The largest absolute Gasteiger partial charge is 0.474 e. The van der Waals surface area contributed by atoms with Crippen LogP contribution in [-0.4, -0.2) is 47.0 Å². The quantitative estimate of drug-likeness (QED) is 0.205. The van der Waals surface area contributed by atoms with E-state index in [1.807, 2.05) is 44.3 Å². The number of rotatable bonds is 9. The molecule has 0 unspecified atom stereocenters. The zero-order chi connectivity index (χ0) is 31.7. The molecule has 2 heterocycles. The first-order valence-electron chi connectivity index (χ1n) is 16.0. The Morgan fingerprint density at radius 1 is 0.837 bits per heavy atom. The van der Waals surface area contributed by atoms with E-state index in [4.69, 9.17) is 15.2 Å². The molecular weight excluding hydrogens is 670 g/mol. The molecule has 2 aromatic heterocycles. The Hall–Kier alpha value is -1.87. The average Bonchev–Trinajstić information content (AvgIpc) is 2.97. The van der Waals surface area contributed by atoms with Gasteiger partial charge in [-0.3, -0.25) is 0 Å². The van der Waals surface area contributed by atoms with Crippen LogP contribution in [0.25, 0.3) is 0 Å². The van der Waals surface area contributed by atoms with Gasteiger partial charge in [0.1, 0.15) is 12.2 Å². The van der Waals surface area contributed by atoms with Gasteiger partial charge in [0.25, 0.3) is 0 Å². The third-order valence-corrected chi connectivity index (χ3v) is 10.2. The van der Waals surface area contributed by atoms with Gasteiger partial charge in [0.2, 0.25) is 11.8 Å². The minimum absolute atomic E-state index is 0.281. The molecule has 7 nitrogen and oxygen atoms in total. The van der Waals surface area contributed by atoms with Gasteiger partial charge in [-0.1, -0.05) is 27.7 Å². The van der Waals surface area contributed by atoms with Crippen LogP contribution in [-0.2, 0) is 0 Å². The Morgan fingerprint density at radius 3 is 1.72 bits per heavy atom. The number of hydrogen-bond donors (Lipinski definition) is 1. The highest BCUT2D eigenvalue weighted by Gasteiger charge is 2.26. The topological polar surface area (TPSA) is 85.9 Å². The molecule has 2 aromatic rings. The highest BCUT2D eigenvalue weighted by Crippen LogP contribution is 2.36. The molecule has 0 bridgehead atoms. The normalized spacial score (nSPS) is 22.4. The summed E-state index contributed by atoms with van der Waals surface area (Å²) in [5.41, 5.74) is 9.12. The summed E-state index contributed by atoms with van der Waals surface area (Å²) in [4.78, 5) is 15.6. The summed E-state index contributed by atoms with van der Waals surface area (Å²) < 4.78 is 13.9. The Morgan fingerprint density at radius 2 is 1.28 bits per heavy atom. The first-order valence-corrected chi connectivity index (χ1v) is 17.6. The van der Waals surface area contributed by atoms with E-state index in [2.05, 4.69) is 81.4 Å². The van der Waals surface area contributed by atoms with Gasteiger partial charge in [0, 0.05) is 13.6 Å². The van der Waals surface area contributed by atoms with Crippen molar-refractivity contribution in [2.45, 2.75) is 112 Å². The lowest BCUT2D eigenvalue weighted by molar-refractivity contribution is 0.111. The fourth-order valence-electron chi connectivity index (χ4n) is 5.72. The Bertz CT molecular complexity index is 1190. The molecule has 2 N–H and O–H groups in total. The number of aryl methyl sites for hydroxylation is 2. The van der Waals surface area contributed by atoms with Crippen molar-refractivity contribution in [3.05, 3.63) is 32.5 Å². The molecule has 0 saturated heterocycles. The average molecular weight is 724 g/mol. The van der Waals surface area contributed by atoms with Crippen LogP contribution in [0.2, 0.25) is 0 Å². The Balaban J connectivity index is 0.000000242. The van der Waals surface area contributed by atoms with Gasteiger partial charge >= 0.3 is 0 Å². The van der Waals surface area contributed by atoms with E-state index < -0.39 is 0 Å². The van der Waals surface area contributed by atoms with Crippen LogP contribution in [0.15, 0.2) is 26.1 Å². The van der Waals surface area contributed by atoms with Gasteiger partial charge in [0.05, 0.1) is 38.0 Å². The van der Waals surface area contributed by atoms with E-state index in [0.717, 1.165) is 81.9 Å². The Labute approximate surface area is 277 Å². The summed E-state index contributed by atoms with van der Waals surface area (Å²) >= 11 is 7.07. The molecule has 0 aliphatic heterocycles. The lowest BCUT2D eigenvalue weighted by Gasteiger charge is -2.31. The van der Waals surface area contributed by atoms with Crippen LogP contribution in [0.3, 0.4) is 0 Å². The minimum Gasteiger partial charge on any atom is -0.474 e. The summed E-state index contributed by atoms with van der Waals surface area (Å²) in [5.74, 6) is 4.63. The fourth-order valence-corrected chi connectivity index (χ4v) is 6.55. The standard InChI is InChI=1S/C19H30BrN3O.C15H23BrN2O/c1-6-23(5)12-21-18-11-17(20)19(22-14(18)4)24-16-9-7-15(8-10-16)13(2)3;1-9(2)11-4-6-12(7-5-11)19-15-13(16)8-14(17)10(3)18-15/h11-13,15-16H,6-10H2,1-5H3;8-9,11-12H,4-7,17H2,1-3H3. The molecule has 43 heavy (non-hydrogen) atoms. The number of hydrogen-bond acceptors (Lipinski definition) is 6. The van der Waals surface area contributed by atoms with Crippen LogP contribution in [0.5, 0.6) is 11.8 Å². The minimum atomic E-state index is 0.281. The molecule has 9 heteroatoms. The van der Waals surface area contributed by atoms with Crippen LogP contribution in [0.1, 0.15) is 97.4 Å². The smallest absolute Gasteiger partial charge is 0.228 e. The summed E-state index contributed by atoms with van der Waals surface area (Å²) in [5, 5.41) is 0. The van der Waals surface area contributed by atoms with Gasteiger partial charge in [-0.2, -0.15) is 0 Å². The van der Waals surface area contributed by atoms with Gasteiger partial charge in [-0.15, -0.1) is 0 Å². The third kappa shape index (κ3) is 10.9. The predicted molar refractivity (Wildman–Crippen MR) is 187 cm³/mol. The number of nitrogen functional groups attached to an aromatic ring is 1. The molecule has 2 aliphatic rings. The van der Waals surface area contributed by atoms with E-state index in [9.17, 15) is 0 Å². The molecule has 0 spiro atoms. The second-order valence-electron chi connectivity index (χ2n) is 12.9. The summed E-state index contributed by atoms with van der Waals surface area (Å²) in [6, 6.07) is 3.87. The van der Waals surface area contributed by atoms with E-state index >= 15 is 0 Å². The molecule has 240 valence electrons. The van der Waals surface area contributed by atoms with Crippen LogP contribution >= 0.6 is 31.9 Å². The predicted octanol–water partition coefficient (Wildman–Crippen LogP) is 9.69. The summed E-state index contributed by atoms with van der Waals surface area (Å²) in [6.45, 7) is 16.2. The number of halogens is 2. The third-order valence-electron chi connectivity index (χ3n) is 9.05. The van der Waals surface area contributed by atoms with Gasteiger partial charge in [-0.05, 0) is 140 Å². The first kappa shape index (κ1) is 35.6. The molecule has 0 amide bonds. The molecule has 0 radical (unpaired) electrons. The van der Waals surface area contributed by atoms with Gasteiger partial charge < -0.3 is 20.1 Å². The SMILES string of the molecule is CCN(C)C=Nc1cc(Br)c(OC2CCC(C(C)C)CC2)nc1C.Cc1nc(OC2CCC(C(C)C)CC2)c(Br)cc1N. The van der Waals surface area contributed by atoms with Crippen molar-refractivity contribution in [2.24, 2.45) is 28.7 Å². The van der Waals surface area contributed by atoms with Crippen molar-refractivity contribution >= 4 is 49.6 Å². The second kappa shape index (κ2) is 17.0. The fraction of sp³-hybridized carbons (Fsp3) is 0.676. The van der Waals surface area contributed by atoms with Crippen molar-refractivity contribution in [3.8, 4) is 11.8 Å². The van der Waals surface area contributed by atoms with Gasteiger partial charge in [0.15, 0.2) is 0 Å². The number of aliphatic imine (C=N–C) groups is 1. The van der Waals surface area contributed by atoms with Crippen molar-refractivity contribution in [1.82, 2.24) is 14.9 Å². The zero-order valence-electron chi connectivity index (χ0n) is 27.5. The van der Waals surface area contributed by atoms with Crippen LogP contribution < -0.4 is 15.2 Å². The van der Waals surface area contributed by atoms with Crippen molar-refractivity contribution in [2.75, 3.05) is 19.3 Å². The zero-order valence-corrected chi connectivity index (χ0v) is 30.7. The molecule has 4 rings (SSSR count). The molecule has 2 fully saturated rings. The number of nitrogens with zero attached hydrogens (tertiary/aromatic N) is 4. The maximum Gasteiger partial charge on any atom is 0.228 e. The molecular formula is C34H53Br2N5O2. The molecule has 2 aliphatic carbocycles. The first-order chi connectivity index (χ1) is 20.4. The molecule has 2 saturated carbocycles. The number of pyridine rings is 2. The number of ether oxygens (including phenoxy) is 2. The maximum atomic E-state index is 6.18. The number of nitrogens with two attached hydrogens (primary N) is 1. The van der Waals surface area contributed by atoms with Gasteiger partial charge in [-0.25, -0.2) is 15.0 Å². The van der Waals surface area contributed by atoms with E-state index in [1.54, 1.807) is 0 Å². The van der Waals surface area contributed by atoms with E-state index in [-0.39, 0.29) is 6.10 Å². The van der Waals surface area contributed by atoms with Crippen LogP contribution in [0, 0.1) is 37.5 Å². The van der Waals surface area contributed by atoms with Crippen molar-refractivity contribution in [3.63, 3.8) is 0 Å². The number of aromatic nitrogens is 2. The van der Waals surface area contributed by atoms with E-state index in [0.29, 0.717) is 23.6 Å². The lowest BCUT2D eigenvalue weighted by Crippen LogP contribution is -2.26. The van der Waals surface area contributed by atoms with E-state index in [1.165, 1.54) is 25.7 Å². The highest BCUT2D eigenvalue weighted by molar-refractivity contribution is 9.10. The lowest BCUT2D eigenvalue weighted by atomic mass is 9.80. The molecule has 0 aromatic carbocycles. The summed E-state index contributed by atoms with van der Waals surface area (Å²) in [6.07, 6.45) is 11.9.